The second-order valence-electron chi connectivity index (χ2n) is 4.54. The molecule has 0 aliphatic rings. The maximum atomic E-state index is 13.1. The Bertz CT molecular complexity index is 481. The van der Waals surface area contributed by atoms with Gasteiger partial charge >= 0.3 is 0 Å². The molecule has 94 valence electrons. The normalized spacial score (nSPS) is 12.3. The van der Waals surface area contributed by atoms with Crippen molar-refractivity contribution in [1.29, 1.82) is 0 Å². The largest absolute Gasteiger partial charge is 0.207 e. The van der Waals surface area contributed by atoms with Crippen molar-refractivity contribution in [1.82, 2.24) is 0 Å². The van der Waals surface area contributed by atoms with Crippen LogP contribution in [0, 0.1) is 11.7 Å². The van der Waals surface area contributed by atoms with Gasteiger partial charge in [0.25, 0.3) is 0 Å². The Labute approximate surface area is 116 Å². The van der Waals surface area contributed by atoms with Crippen LogP contribution in [-0.2, 0) is 12.8 Å². The number of hydrogen-bond donors (Lipinski definition) is 0. The molecular formula is C16H16BrF. The van der Waals surface area contributed by atoms with E-state index in [4.69, 9.17) is 0 Å². The standard InChI is InChI=1S/C16H16BrF/c17-12-15(9-13-5-2-1-3-6-13)10-14-7-4-8-16(18)11-14/h1-8,11,15H,9-10,12H2. The molecule has 1 unspecified atom stereocenters. The molecule has 0 spiro atoms. The van der Waals surface area contributed by atoms with E-state index in [1.165, 1.54) is 11.6 Å². The lowest BCUT2D eigenvalue weighted by atomic mass is 9.94. The van der Waals surface area contributed by atoms with E-state index in [-0.39, 0.29) is 5.82 Å². The van der Waals surface area contributed by atoms with Gasteiger partial charge in [0.15, 0.2) is 0 Å². The van der Waals surface area contributed by atoms with Crippen molar-refractivity contribution in [2.24, 2.45) is 5.92 Å². The quantitative estimate of drug-likeness (QED) is 0.707. The van der Waals surface area contributed by atoms with Gasteiger partial charge in [0.05, 0.1) is 0 Å². The van der Waals surface area contributed by atoms with Crippen LogP contribution in [0.25, 0.3) is 0 Å². The van der Waals surface area contributed by atoms with E-state index in [0.717, 1.165) is 23.7 Å². The van der Waals surface area contributed by atoms with E-state index < -0.39 is 0 Å². The highest BCUT2D eigenvalue weighted by atomic mass is 79.9. The van der Waals surface area contributed by atoms with Gasteiger partial charge in [-0.05, 0) is 42.0 Å². The van der Waals surface area contributed by atoms with Crippen molar-refractivity contribution in [3.63, 3.8) is 0 Å². The highest BCUT2D eigenvalue weighted by Crippen LogP contribution is 2.17. The number of rotatable bonds is 5. The summed E-state index contributed by atoms with van der Waals surface area (Å²) in [4.78, 5) is 0. The predicted molar refractivity (Wildman–Crippen MR) is 77.5 cm³/mol. The molecule has 18 heavy (non-hydrogen) atoms. The first-order valence-electron chi connectivity index (χ1n) is 6.12. The van der Waals surface area contributed by atoms with Crippen molar-refractivity contribution in [2.75, 3.05) is 5.33 Å². The molecule has 2 aromatic carbocycles. The molecule has 0 heterocycles. The number of halogens is 2. The molecule has 0 N–H and O–H groups in total. The molecule has 1 atom stereocenters. The van der Waals surface area contributed by atoms with Crippen molar-refractivity contribution >= 4 is 15.9 Å². The minimum absolute atomic E-state index is 0.152. The lowest BCUT2D eigenvalue weighted by Gasteiger charge is -2.14. The van der Waals surface area contributed by atoms with Crippen LogP contribution < -0.4 is 0 Å². The Morgan fingerprint density at radius 3 is 2.22 bits per heavy atom. The number of alkyl halides is 1. The molecule has 0 amide bonds. The summed E-state index contributed by atoms with van der Waals surface area (Å²) in [7, 11) is 0. The second-order valence-corrected chi connectivity index (χ2v) is 5.19. The lowest BCUT2D eigenvalue weighted by Crippen LogP contribution is -2.10. The van der Waals surface area contributed by atoms with Gasteiger partial charge in [-0.15, -0.1) is 0 Å². The van der Waals surface area contributed by atoms with Gasteiger partial charge in [-0.25, -0.2) is 4.39 Å². The predicted octanol–water partition coefficient (Wildman–Crippen LogP) is 4.62. The third-order valence-corrected chi connectivity index (χ3v) is 3.91. The van der Waals surface area contributed by atoms with Gasteiger partial charge in [-0.3, -0.25) is 0 Å². The fraction of sp³-hybridized carbons (Fsp3) is 0.250. The van der Waals surface area contributed by atoms with E-state index in [0.29, 0.717) is 5.92 Å². The summed E-state index contributed by atoms with van der Waals surface area (Å²) in [6.45, 7) is 0. The molecule has 0 aliphatic heterocycles. The van der Waals surface area contributed by atoms with Gasteiger partial charge in [0.1, 0.15) is 5.82 Å². The van der Waals surface area contributed by atoms with Crippen LogP contribution in [0.2, 0.25) is 0 Å². The summed E-state index contributed by atoms with van der Waals surface area (Å²) in [5, 5.41) is 0.929. The molecule has 0 radical (unpaired) electrons. The van der Waals surface area contributed by atoms with Crippen molar-refractivity contribution in [2.45, 2.75) is 12.8 Å². The van der Waals surface area contributed by atoms with Gasteiger partial charge in [-0.2, -0.15) is 0 Å². The van der Waals surface area contributed by atoms with E-state index in [2.05, 4.69) is 40.2 Å². The van der Waals surface area contributed by atoms with E-state index in [9.17, 15) is 4.39 Å². The van der Waals surface area contributed by atoms with Crippen molar-refractivity contribution in [3.8, 4) is 0 Å². The molecule has 2 aromatic rings. The van der Waals surface area contributed by atoms with Crippen LogP contribution in [-0.4, -0.2) is 5.33 Å². The summed E-state index contributed by atoms with van der Waals surface area (Å²) in [5.74, 6) is 0.342. The molecule has 0 fully saturated rings. The van der Waals surface area contributed by atoms with E-state index in [1.54, 1.807) is 12.1 Å². The third kappa shape index (κ3) is 3.95. The van der Waals surface area contributed by atoms with Gasteiger partial charge in [0, 0.05) is 5.33 Å². The van der Waals surface area contributed by atoms with Crippen molar-refractivity contribution < 1.29 is 4.39 Å². The highest BCUT2D eigenvalue weighted by molar-refractivity contribution is 9.09. The molecular weight excluding hydrogens is 291 g/mol. The minimum atomic E-state index is -0.152. The first-order chi connectivity index (χ1) is 8.78. The Balaban J connectivity index is 2.01. The molecule has 0 bridgehead atoms. The first kappa shape index (κ1) is 13.3. The monoisotopic (exact) mass is 306 g/mol. The van der Waals surface area contributed by atoms with E-state index in [1.807, 2.05) is 12.1 Å². The van der Waals surface area contributed by atoms with Crippen LogP contribution in [0.3, 0.4) is 0 Å². The zero-order valence-corrected chi connectivity index (χ0v) is 11.7. The average molecular weight is 307 g/mol. The summed E-state index contributed by atoms with van der Waals surface area (Å²) < 4.78 is 13.1. The Morgan fingerprint density at radius 2 is 1.56 bits per heavy atom. The molecule has 0 saturated heterocycles. The van der Waals surface area contributed by atoms with Crippen LogP contribution in [0.1, 0.15) is 11.1 Å². The summed E-state index contributed by atoms with van der Waals surface area (Å²) >= 11 is 3.56. The van der Waals surface area contributed by atoms with Gasteiger partial charge in [0.2, 0.25) is 0 Å². The maximum Gasteiger partial charge on any atom is 0.123 e. The smallest absolute Gasteiger partial charge is 0.123 e. The summed E-state index contributed by atoms with van der Waals surface area (Å²) in [5.41, 5.74) is 2.40. The number of hydrogen-bond acceptors (Lipinski definition) is 0. The molecule has 0 nitrogen and oxygen atoms in total. The zero-order valence-electron chi connectivity index (χ0n) is 10.2. The Morgan fingerprint density at radius 1 is 0.889 bits per heavy atom. The Hall–Kier alpha value is -1.15. The molecule has 0 aliphatic carbocycles. The fourth-order valence-electron chi connectivity index (χ4n) is 2.13. The van der Waals surface area contributed by atoms with Crippen LogP contribution >= 0.6 is 15.9 Å². The highest BCUT2D eigenvalue weighted by Gasteiger charge is 2.09. The molecule has 0 saturated carbocycles. The van der Waals surface area contributed by atoms with Gasteiger partial charge < -0.3 is 0 Å². The maximum absolute atomic E-state index is 13.1. The van der Waals surface area contributed by atoms with E-state index >= 15 is 0 Å². The zero-order chi connectivity index (χ0) is 12.8. The first-order valence-corrected chi connectivity index (χ1v) is 7.24. The fourth-order valence-corrected chi connectivity index (χ4v) is 2.58. The van der Waals surface area contributed by atoms with Crippen molar-refractivity contribution in [3.05, 3.63) is 71.5 Å². The summed E-state index contributed by atoms with van der Waals surface area (Å²) in [6, 6.07) is 17.3. The average Bonchev–Trinajstić information content (AvgIpc) is 2.39. The number of benzene rings is 2. The molecule has 0 aromatic heterocycles. The lowest BCUT2D eigenvalue weighted by molar-refractivity contribution is 0.582. The minimum Gasteiger partial charge on any atom is -0.207 e. The van der Waals surface area contributed by atoms with Crippen LogP contribution in [0.15, 0.2) is 54.6 Å². The van der Waals surface area contributed by atoms with Crippen LogP contribution in [0.4, 0.5) is 4.39 Å². The second kappa shape index (κ2) is 6.69. The third-order valence-electron chi connectivity index (χ3n) is 3.00. The molecule has 2 heteroatoms. The topological polar surface area (TPSA) is 0 Å². The molecule has 2 rings (SSSR count). The SMILES string of the molecule is Fc1cccc(CC(CBr)Cc2ccccc2)c1. The van der Waals surface area contributed by atoms with Gasteiger partial charge in [-0.1, -0.05) is 58.4 Å². The Kier molecular flexibility index (Phi) is 4.94. The summed E-state index contributed by atoms with van der Waals surface area (Å²) in [6.07, 6.45) is 1.92. The van der Waals surface area contributed by atoms with Crippen LogP contribution in [0.5, 0.6) is 0 Å².